The molecule has 2 heterocycles. The average Bonchev–Trinajstić information content (AvgIpc) is 2.74. The fraction of sp³-hybridized carbons (Fsp3) is 0.600. The third kappa shape index (κ3) is 4.04. The molecule has 21 heavy (non-hydrogen) atoms. The highest BCUT2D eigenvalue weighted by Crippen LogP contribution is 2.51. The largest absolute Gasteiger partial charge is 0.394 e. The normalized spacial score (nSPS) is 28.5. The minimum atomic E-state index is -3.22. The molecule has 4 atom stereocenters. The van der Waals surface area contributed by atoms with Gasteiger partial charge in [-0.1, -0.05) is 12.2 Å². The molecule has 1 saturated heterocycles. The fourth-order valence-corrected chi connectivity index (χ4v) is 3.39. The van der Waals surface area contributed by atoms with E-state index in [-0.39, 0.29) is 13.0 Å². The summed E-state index contributed by atoms with van der Waals surface area (Å²) < 4.78 is 12.0. The van der Waals surface area contributed by atoms with Gasteiger partial charge < -0.3 is 19.3 Å². The summed E-state index contributed by atoms with van der Waals surface area (Å²) in [5.41, 5.74) is -3.96. The number of aromatic amines is 1. The van der Waals surface area contributed by atoms with Crippen molar-refractivity contribution in [1.29, 1.82) is 0 Å². The molecule has 1 aliphatic heterocycles. The Hall–Kier alpha value is -0.480. The van der Waals surface area contributed by atoms with Crippen LogP contribution in [0.3, 0.4) is 0 Å². The van der Waals surface area contributed by atoms with E-state index in [0.717, 1.165) is 0 Å². The average molecular weight is 354 g/mol. The molecule has 0 aromatic carbocycles. The van der Waals surface area contributed by atoms with Gasteiger partial charge in [0.05, 0.1) is 12.7 Å². The zero-order valence-corrected chi connectivity index (χ0v) is 13.6. The summed E-state index contributed by atoms with van der Waals surface area (Å²) in [7, 11) is 0. The van der Waals surface area contributed by atoms with Gasteiger partial charge >= 0.3 is 5.69 Å². The first-order valence-electron chi connectivity index (χ1n) is 6.03. The number of H-pyrrole nitrogens is 1. The van der Waals surface area contributed by atoms with Crippen LogP contribution in [0.4, 0.5) is 0 Å². The summed E-state index contributed by atoms with van der Waals surface area (Å²) in [6.45, 7) is 1.20. The van der Waals surface area contributed by atoms with Crippen LogP contribution in [-0.2, 0) is 21.1 Å². The van der Waals surface area contributed by atoms with Crippen molar-refractivity contribution < 1.29 is 19.3 Å². The van der Waals surface area contributed by atoms with Crippen LogP contribution in [0.25, 0.3) is 0 Å². The monoisotopic (exact) mass is 354 g/mol. The number of aromatic nitrogens is 2. The van der Waals surface area contributed by atoms with Crippen LogP contribution in [0, 0.1) is 6.92 Å². The Balaban J connectivity index is 2.27. The van der Waals surface area contributed by atoms with E-state index in [1.165, 1.54) is 10.8 Å². The van der Waals surface area contributed by atoms with Gasteiger partial charge in [0.1, 0.15) is 12.3 Å². The standard InChI is InChI=1S/C10H15N2O6PS2/c1-5-3-12(10(15)11-9(5)14)8-2-6(7(4-13)17-8)18-19(16,20)21/h3,6-8,13H,2,4H2,1H3,(H,11,14,15)(H2,16,20,21). The fourth-order valence-electron chi connectivity index (χ4n) is 2.12. The maximum absolute atomic E-state index is 11.8. The van der Waals surface area contributed by atoms with E-state index < -0.39 is 35.4 Å². The zero-order valence-electron chi connectivity index (χ0n) is 11.0. The molecule has 2 rings (SSSR count). The Kier molecular flexibility index (Phi) is 5.09. The van der Waals surface area contributed by atoms with Gasteiger partial charge in [-0.05, 0) is 18.7 Å². The topological polar surface area (TPSA) is 114 Å². The van der Waals surface area contributed by atoms with Crippen LogP contribution < -0.4 is 11.2 Å². The number of thiol groups is 1. The lowest BCUT2D eigenvalue weighted by Gasteiger charge is -2.19. The molecule has 11 heteroatoms. The predicted molar refractivity (Wildman–Crippen MR) is 82.0 cm³/mol. The minimum absolute atomic E-state index is 0.191. The van der Waals surface area contributed by atoms with Gasteiger partial charge in [-0.3, -0.25) is 14.3 Å². The molecule has 8 nitrogen and oxygen atoms in total. The Morgan fingerprint density at radius 3 is 2.90 bits per heavy atom. The molecule has 0 saturated carbocycles. The first-order chi connectivity index (χ1) is 9.71. The van der Waals surface area contributed by atoms with Crippen molar-refractivity contribution in [3.05, 3.63) is 32.6 Å². The van der Waals surface area contributed by atoms with Gasteiger partial charge in [0.2, 0.25) is 5.69 Å². The summed E-state index contributed by atoms with van der Waals surface area (Å²) in [6.07, 6.45) is -0.595. The summed E-state index contributed by atoms with van der Waals surface area (Å²) >= 11 is 8.48. The first-order valence-corrected chi connectivity index (χ1v) is 9.86. The summed E-state index contributed by atoms with van der Waals surface area (Å²) in [5.74, 6) is 0. The number of hydrogen-bond donors (Lipinski definition) is 4. The third-order valence-electron chi connectivity index (χ3n) is 3.09. The number of aryl methyl sites for hydroxylation is 1. The number of aliphatic hydroxyl groups excluding tert-OH is 1. The Labute approximate surface area is 130 Å². The number of nitrogens with one attached hydrogen (secondary N) is 1. The molecule has 0 spiro atoms. The molecule has 1 aromatic heterocycles. The molecule has 0 bridgehead atoms. The van der Waals surface area contributed by atoms with E-state index in [2.05, 4.69) is 17.2 Å². The third-order valence-corrected chi connectivity index (χ3v) is 4.18. The molecule has 1 fully saturated rings. The molecule has 118 valence electrons. The van der Waals surface area contributed by atoms with Crippen molar-refractivity contribution in [2.45, 2.75) is 31.8 Å². The SMILES string of the molecule is Cc1cn(C2CC(OP(O)(=S)S)C(CO)O2)c(=O)[nH]c1=O. The molecule has 0 aliphatic carbocycles. The summed E-state index contributed by atoms with van der Waals surface area (Å²) in [4.78, 5) is 34.8. The van der Waals surface area contributed by atoms with Gasteiger partial charge in [0.15, 0.2) is 0 Å². The van der Waals surface area contributed by atoms with Gasteiger partial charge in [0, 0.05) is 18.2 Å². The zero-order chi connectivity index (χ0) is 15.8. The van der Waals surface area contributed by atoms with Crippen molar-refractivity contribution in [2.75, 3.05) is 6.61 Å². The Bertz CT molecular complexity index is 683. The van der Waals surface area contributed by atoms with Crippen LogP contribution in [0.1, 0.15) is 18.2 Å². The van der Waals surface area contributed by atoms with Crippen LogP contribution in [0.15, 0.2) is 15.8 Å². The van der Waals surface area contributed by atoms with E-state index in [9.17, 15) is 19.6 Å². The predicted octanol–water partition coefficient (Wildman–Crippen LogP) is -0.343. The summed E-state index contributed by atoms with van der Waals surface area (Å²) in [6, 6.07) is 0. The smallest absolute Gasteiger partial charge is 0.330 e. The quantitative estimate of drug-likeness (QED) is 0.432. The molecule has 0 amide bonds. The van der Waals surface area contributed by atoms with Gasteiger partial charge in [-0.15, -0.1) is 0 Å². The van der Waals surface area contributed by atoms with E-state index >= 15 is 0 Å². The van der Waals surface area contributed by atoms with Crippen molar-refractivity contribution in [3.63, 3.8) is 0 Å². The van der Waals surface area contributed by atoms with Gasteiger partial charge in [0.25, 0.3) is 5.56 Å². The Morgan fingerprint density at radius 1 is 1.67 bits per heavy atom. The van der Waals surface area contributed by atoms with Crippen LogP contribution in [0.2, 0.25) is 0 Å². The van der Waals surface area contributed by atoms with E-state index in [1.807, 2.05) is 0 Å². The number of aliphatic hydroxyl groups is 1. The molecular formula is C10H15N2O6PS2. The molecular weight excluding hydrogens is 339 g/mol. The number of hydrogen-bond acceptors (Lipinski definition) is 6. The molecule has 0 radical (unpaired) electrons. The van der Waals surface area contributed by atoms with Gasteiger partial charge in [-0.25, -0.2) is 4.79 Å². The summed E-state index contributed by atoms with van der Waals surface area (Å²) in [5, 5.41) is 9.29. The number of nitrogens with zero attached hydrogens (tertiary/aromatic N) is 1. The lowest BCUT2D eigenvalue weighted by atomic mass is 10.2. The number of ether oxygens (including phenoxy) is 1. The highest BCUT2D eigenvalue weighted by molar-refractivity contribution is 8.59. The lowest BCUT2D eigenvalue weighted by Crippen LogP contribution is -2.33. The lowest BCUT2D eigenvalue weighted by molar-refractivity contribution is -0.0416. The molecule has 1 aliphatic rings. The first kappa shape index (κ1) is 16.9. The van der Waals surface area contributed by atoms with Crippen molar-refractivity contribution in [1.82, 2.24) is 9.55 Å². The second-order valence-corrected chi connectivity index (χ2v) is 9.78. The second kappa shape index (κ2) is 6.33. The van der Waals surface area contributed by atoms with Crippen LogP contribution in [-0.4, -0.2) is 38.4 Å². The number of rotatable bonds is 4. The van der Waals surface area contributed by atoms with E-state index in [0.29, 0.717) is 5.56 Å². The van der Waals surface area contributed by atoms with Crippen LogP contribution in [0.5, 0.6) is 0 Å². The van der Waals surface area contributed by atoms with Crippen molar-refractivity contribution in [3.8, 4) is 0 Å². The van der Waals surface area contributed by atoms with E-state index in [4.69, 9.17) is 21.1 Å². The second-order valence-electron chi connectivity index (χ2n) is 4.66. The maximum Gasteiger partial charge on any atom is 0.330 e. The molecule has 3 N–H and O–H groups in total. The van der Waals surface area contributed by atoms with Crippen molar-refractivity contribution >= 4 is 29.7 Å². The van der Waals surface area contributed by atoms with Crippen molar-refractivity contribution in [2.24, 2.45) is 0 Å². The van der Waals surface area contributed by atoms with E-state index in [1.54, 1.807) is 6.92 Å². The maximum atomic E-state index is 11.8. The Morgan fingerprint density at radius 2 is 2.33 bits per heavy atom. The molecule has 4 unspecified atom stereocenters. The van der Waals surface area contributed by atoms with Gasteiger partial charge in [-0.2, -0.15) is 0 Å². The minimum Gasteiger partial charge on any atom is -0.394 e. The highest BCUT2D eigenvalue weighted by Gasteiger charge is 2.39. The van der Waals surface area contributed by atoms with Crippen LogP contribution >= 0.6 is 17.9 Å². The highest BCUT2D eigenvalue weighted by atomic mass is 32.9. The molecule has 1 aromatic rings.